The molecule has 0 atom stereocenters. The van der Waals surface area contributed by atoms with Crippen LogP contribution >= 0.6 is 11.8 Å². The van der Waals surface area contributed by atoms with Gasteiger partial charge in [-0.1, -0.05) is 11.8 Å². The third-order valence-electron chi connectivity index (χ3n) is 7.17. The second-order valence-electron chi connectivity index (χ2n) is 9.97. The third-order valence-corrected chi connectivity index (χ3v) is 8.13. The summed E-state index contributed by atoms with van der Waals surface area (Å²) in [6.45, 7) is 0.0739. The number of thioether (sulfide) groups is 1. The van der Waals surface area contributed by atoms with Crippen LogP contribution < -0.4 is 39.4 Å². The molecule has 12 nitrogen and oxygen atoms in total. The normalized spacial score (nSPS) is 10.8. The number of aromatic amines is 1. The molecule has 5 aromatic rings. The Hall–Kier alpha value is -5.68. The maximum atomic E-state index is 14.0. The van der Waals surface area contributed by atoms with Gasteiger partial charge in [0.2, 0.25) is 16.9 Å². The Morgan fingerprint density at radius 3 is 2.17 bits per heavy atom. The summed E-state index contributed by atoms with van der Waals surface area (Å²) in [6, 6.07) is 13.6. The molecule has 0 saturated heterocycles. The summed E-state index contributed by atoms with van der Waals surface area (Å²) < 4.78 is 53.2. The predicted octanol–water partition coefficient (Wildman–Crippen LogP) is 5.83. The molecule has 0 aliphatic carbocycles. The number of H-pyrrole nitrogens is 1. The number of halogens is 1. The van der Waals surface area contributed by atoms with Gasteiger partial charge in [0, 0.05) is 29.0 Å². The van der Waals surface area contributed by atoms with Crippen LogP contribution in [0.1, 0.15) is 12.0 Å². The zero-order valence-electron chi connectivity index (χ0n) is 26.6. The van der Waals surface area contributed by atoms with E-state index in [-0.39, 0.29) is 51.2 Å². The summed E-state index contributed by atoms with van der Waals surface area (Å²) in [5.41, 5.74) is -0.0641. The van der Waals surface area contributed by atoms with Gasteiger partial charge >= 0.3 is 0 Å². The van der Waals surface area contributed by atoms with Gasteiger partial charge in [0.25, 0.3) is 5.56 Å². The van der Waals surface area contributed by atoms with Crippen LogP contribution in [0.25, 0.3) is 33.6 Å². The van der Waals surface area contributed by atoms with Crippen LogP contribution in [0.3, 0.4) is 0 Å². The van der Waals surface area contributed by atoms with Crippen LogP contribution in [0.5, 0.6) is 34.5 Å². The molecule has 0 aliphatic rings. The Bertz CT molecular complexity index is 2100. The number of methoxy groups -OCH3 is 5. The number of nitrogens with zero attached hydrogens (tertiary/aromatic N) is 2. The maximum absolute atomic E-state index is 14.0. The van der Waals surface area contributed by atoms with Crippen LogP contribution in [-0.4, -0.2) is 57.9 Å². The minimum absolute atomic E-state index is 0.0739. The first kappa shape index (κ1) is 33.7. The van der Waals surface area contributed by atoms with Crippen molar-refractivity contribution in [1.82, 2.24) is 9.97 Å². The number of hydrogen-bond donors (Lipinski definition) is 1. The summed E-state index contributed by atoms with van der Waals surface area (Å²) in [7, 11) is 7.35. The van der Waals surface area contributed by atoms with Crippen molar-refractivity contribution in [3.8, 4) is 63.1 Å². The highest BCUT2D eigenvalue weighted by Gasteiger charge is 2.24. The highest BCUT2D eigenvalue weighted by molar-refractivity contribution is 7.99. The number of fused-ring (bicyclic) bond motifs is 1. The number of benzene rings is 3. The van der Waals surface area contributed by atoms with Crippen molar-refractivity contribution in [3.63, 3.8) is 0 Å². The molecule has 0 amide bonds. The smallest absolute Gasteiger partial charge is 0.270 e. The Kier molecular flexibility index (Phi) is 10.4. The van der Waals surface area contributed by atoms with Gasteiger partial charge in [0.15, 0.2) is 22.4 Å². The number of hydrogen-bond acceptors (Lipinski definition) is 12. The molecule has 48 heavy (non-hydrogen) atoms. The van der Waals surface area contributed by atoms with Crippen molar-refractivity contribution >= 4 is 22.7 Å². The quantitative estimate of drug-likeness (QED) is 0.0908. The van der Waals surface area contributed by atoms with E-state index in [1.807, 2.05) is 6.07 Å². The Labute approximate surface area is 277 Å². The summed E-state index contributed by atoms with van der Waals surface area (Å²) in [5.74, 6) is 1.68. The van der Waals surface area contributed by atoms with Gasteiger partial charge in [-0.15, -0.1) is 0 Å². The number of nitrogens with one attached hydrogen (secondary N) is 1. The van der Waals surface area contributed by atoms with Gasteiger partial charge in [-0.2, -0.15) is 5.26 Å². The van der Waals surface area contributed by atoms with E-state index in [0.717, 1.165) is 0 Å². The van der Waals surface area contributed by atoms with Crippen molar-refractivity contribution in [2.75, 3.05) is 47.9 Å². The zero-order valence-corrected chi connectivity index (χ0v) is 27.4. The SMILES string of the molecule is COc1cc(OC)c2c(=O)c(OCCCSc3nc(-c4ccc(F)cc4)c(C#N)c(=O)[nH]3)c(-c3cc(OC)c(OC)c(OC)c3)oc2c1. The van der Waals surface area contributed by atoms with Crippen molar-refractivity contribution in [1.29, 1.82) is 5.26 Å². The largest absolute Gasteiger partial charge is 0.496 e. The molecule has 14 heteroatoms. The van der Waals surface area contributed by atoms with Gasteiger partial charge < -0.3 is 37.8 Å². The van der Waals surface area contributed by atoms with Gasteiger partial charge in [-0.25, -0.2) is 9.37 Å². The molecule has 0 radical (unpaired) electrons. The zero-order chi connectivity index (χ0) is 34.4. The summed E-state index contributed by atoms with van der Waals surface area (Å²) >= 11 is 1.22. The van der Waals surface area contributed by atoms with Gasteiger partial charge in [0.1, 0.15) is 39.9 Å². The summed E-state index contributed by atoms with van der Waals surface area (Å²) in [5, 5.41) is 9.95. The Morgan fingerprint density at radius 1 is 0.875 bits per heavy atom. The van der Waals surface area contributed by atoms with Gasteiger partial charge in [0.05, 0.1) is 47.8 Å². The van der Waals surface area contributed by atoms with Crippen molar-refractivity contribution in [2.45, 2.75) is 11.6 Å². The average Bonchev–Trinajstić information content (AvgIpc) is 3.10. The fraction of sp³-hybridized carbons (Fsp3) is 0.235. The highest BCUT2D eigenvalue weighted by Crippen LogP contribution is 2.44. The fourth-order valence-electron chi connectivity index (χ4n) is 4.90. The molecular formula is C34H30FN3O9S. The lowest BCUT2D eigenvalue weighted by Gasteiger charge is -2.17. The van der Waals surface area contributed by atoms with Crippen LogP contribution in [0.15, 0.2) is 67.7 Å². The van der Waals surface area contributed by atoms with Crippen molar-refractivity contribution in [3.05, 3.63) is 80.5 Å². The van der Waals surface area contributed by atoms with Crippen molar-refractivity contribution in [2.24, 2.45) is 0 Å². The minimum atomic E-state index is -0.611. The average molecular weight is 676 g/mol. The summed E-state index contributed by atoms with van der Waals surface area (Å²) in [6.07, 6.45) is 0.409. The number of aromatic nitrogens is 2. The van der Waals surface area contributed by atoms with Crippen LogP contribution in [0.4, 0.5) is 4.39 Å². The Morgan fingerprint density at radius 2 is 1.56 bits per heavy atom. The molecule has 5 rings (SSSR count). The van der Waals surface area contributed by atoms with E-state index in [0.29, 0.717) is 46.3 Å². The molecular weight excluding hydrogens is 645 g/mol. The summed E-state index contributed by atoms with van der Waals surface area (Å²) in [4.78, 5) is 33.7. The topological polar surface area (TPSA) is 155 Å². The lowest BCUT2D eigenvalue weighted by molar-refractivity contribution is 0.309. The predicted molar refractivity (Wildman–Crippen MR) is 176 cm³/mol. The van der Waals surface area contributed by atoms with Crippen molar-refractivity contribution < 1.29 is 37.2 Å². The lowest BCUT2D eigenvalue weighted by Crippen LogP contribution is -2.15. The van der Waals surface area contributed by atoms with Crippen LogP contribution in [-0.2, 0) is 0 Å². The number of nitriles is 1. The molecule has 2 heterocycles. The molecule has 3 aromatic carbocycles. The molecule has 0 unspecified atom stereocenters. The molecule has 2 aromatic heterocycles. The molecule has 0 fully saturated rings. The second kappa shape index (κ2) is 14.8. The third kappa shape index (κ3) is 6.72. The molecule has 0 saturated carbocycles. The van der Waals surface area contributed by atoms with E-state index in [1.54, 1.807) is 24.3 Å². The second-order valence-corrected chi connectivity index (χ2v) is 11.1. The van der Waals surface area contributed by atoms with E-state index < -0.39 is 16.8 Å². The fourth-order valence-corrected chi connectivity index (χ4v) is 5.67. The van der Waals surface area contributed by atoms with E-state index in [2.05, 4.69) is 9.97 Å². The highest BCUT2D eigenvalue weighted by atomic mass is 32.2. The molecule has 0 spiro atoms. The first-order chi connectivity index (χ1) is 23.3. The first-order valence-corrected chi connectivity index (χ1v) is 15.3. The standard InChI is InChI=1S/C34H30FN3O9S/c1-41-21-15-23(42-2)27-24(16-21)47-30(19-13-25(43-3)31(45-5)26(14-19)44-4)32(29(27)39)46-11-6-12-48-34-37-28(22(17-36)33(40)38-34)18-7-9-20(35)10-8-18/h7-10,13-16H,6,11-12H2,1-5H3,(H,37,38,40). The molecule has 248 valence electrons. The first-order valence-electron chi connectivity index (χ1n) is 14.4. The number of rotatable bonds is 13. The van der Waals surface area contributed by atoms with Crippen LogP contribution in [0.2, 0.25) is 0 Å². The van der Waals surface area contributed by atoms with Gasteiger partial charge in [-0.05, 0) is 42.8 Å². The molecule has 0 aliphatic heterocycles. The van der Waals surface area contributed by atoms with E-state index in [1.165, 1.54) is 71.6 Å². The van der Waals surface area contributed by atoms with Gasteiger partial charge in [-0.3, -0.25) is 9.59 Å². The lowest BCUT2D eigenvalue weighted by atomic mass is 10.1. The number of ether oxygens (including phenoxy) is 6. The molecule has 1 N–H and O–H groups in total. The van der Waals surface area contributed by atoms with E-state index in [4.69, 9.17) is 32.8 Å². The van der Waals surface area contributed by atoms with E-state index in [9.17, 15) is 19.2 Å². The minimum Gasteiger partial charge on any atom is -0.496 e. The monoisotopic (exact) mass is 675 g/mol. The molecule has 0 bridgehead atoms. The maximum Gasteiger partial charge on any atom is 0.270 e. The van der Waals surface area contributed by atoms with Crippen LogP contribution in [0, 0.1) is 17.1 Å². The Balaban J connectivity index is 1.46. The van der Waals surface area contributed by atoms with E-state index >= 15 is 0 Å².